The molecule has 1 unspecified atom stereocenters. The van der Waals surface area contributed by atoms with Crippen LogP contribution >= 0.6 is 7.60 Å². The number of carbonyl (C=O) groups is 1. The average Bonchev–Trinajstić information content (AvgIpc) is 2.19. The molecule has 0 bridgehead atoms. The predicted molar refractivity (Wildman–Crippen MR) is 71.7 cm³/mol. The van der Waals surface area contributed by atoms with Gasteiger partial charge >= 0.3 is 7.60 Å². The fourth-order valence-corrected chi connectivity index (χ4v) is 1.85. The summed E-state index contributed by atoms with van der Waals surface area (Å²) in [7, 11) is 0.393. The van der Waals surface area contributed by atoms with Gasteiger partial charge in [0.1, 0.15) is 0 Å². The average molecular weight is 280 g/mol. The molecular formula is C11H25N2O4P. The molecule has 1 amide bonds. The minimum absolute atomic E-state index is 0.0375. The van der Waals surface area contributed by atoms with Crippen molar-refractivity contribution in [1.82, 2.24) is 10.2 Å². The van der Waals surface area contributed by atoms with Crippen LogP contribution in [0, 0.1) is 0 Å². The molecule has 0 aliphatic rings. The minimum Gasteiger partial charge on any atom is -0.355 e. The number of likely N-dealkylation sites (N-methyl/N-ethyl adjacent to an activating group) is 1. The Hall–Kier alpha value is -0.420. The molecule has 0 aliphatic carbocycles. The van der Waals surface area contributed by atoms with Crippen molar-refractivity contribution >= 4 is 13.5 Å². The Morgan fingerprint density at radius 2 is 1.89 bits per heavy atom. The Balaban J connectivity index is 3.26. The highest BCUT2D eigenvalue weighted by Crippen LogP contribution is 2.36. The predicted octanol–water partition coefficient (Wildman–Crippen LogP) is 1.06. The maximum absolute atomic E-state index is 11.3. The molecule has 0 spiro atoms. The second-order valence-corrected chi connectivity index (χ2v) is 6.50. The van der Waals surface area contributed by atoms with Crippen LogP contribution in [-0.2, 0) is 13.9 Å². The van der Waals surface area contributed by atoms with Crippen molar-refractivity contribution in [3.8, 4) is 0 Å². The quantitative estimate of drug-likeness (QED) is 0.462. The summed E-state index contributed by atoms with van der Waals surface area (Å²) < 4.78 is 15.5. The minimum atomic E-state index is -3.32. The summed E-state index contributed by atoms with van der Waals surface area (Å²) in [5.74, 6) is 0.0375. The summed E-state index contributed by atoms with van der Waals surface area (Å²) in [4.78, 5) is 22.0. The van der Waals surface area contributed by atoms with E-state index in [4.69, 9.17) is 9.42 Å². The summed E-state index contributed by atoms with van der Waals surface area (Å²) in [6.45, 7) is 2.60. The fourth-order valence-electron chi connectivity index (χ4n) is 1.39. The van der Waals surface area contributed by atoms with Crippen LogP contribution in [0.1, 0.15) is 25.7 Å². The summed E-state index contributed by atoms with van der Waals surface area (Å²) in [5.41, 5.74) is 0. The Labute approximate surface area is 109 Å². The number of rotatable bonds is 10. The highest BCUT2D eigenvalue weighted by molar-refractivity contribution is 7.51. The van der Waals surface area contributed by atoms with Gasteiger partial charge < -0.3 is 19.6 Å². The van der Waals surface area contributed by atoms with Gasteiger partial charge in [-0.15, -0.1) is 0 Å². The van der Waals surface area contributed by atoms with Crippen LogP contribution in [0.15, 0.2) is 0 Å². The molecule has 0 saturated carbocycles. The molecule has 0 aromatic carbocycles. The number of amides is 1. The van der Waals surface area contributed by atoms with Crippen molar-refractivity contribution in [3.05, 3.63) is 0 Å². The lowest BCUT2D eigenvalue weighted by molar-refractivity contribution is -0.121. The molecule has 0 aromatic rings. The van der Waals surface area contributed by atoms with Gasteiger partial charge in [0.2, 0.25) is 5.91 Å². The van der Waals surface area contributed by atoms with Crippen molar-refractivity contribution in [2.24, 2.45) is 0 Å². The summed E-state index contributed by atoms with van der Waals surface area (Å²) in [5, 5.41) is 2.83. The first kappa shape index (κ1) is 17.6. The molecule has 6 nitrogen and oxygen atoms in total. The van der Waals surface area contributed by atoms with E-state index in [9.17, 15) is 9.36 Å². The SMILES string of the molecule is CN(C)CC(=O)NCCCCCCOP(C)(=O)O. The molecule has 0 heterocycles. The van der Waals surface area contributed by atoms with E-state index in [-0.39, 0.29) is 5.91 Å². The van der Waals surface area contributed by atoms with E-state index in [1.807, 2.05) is 19.0 Å². The van der Waals surface area contributed by atoms with Gasteiger partial charge in [0.25, 0.3) is 0 Å². The van der Waals surface area contributed by atoms with E-state index >= 15 is 0 Å². The van der Waals surface area contributed by atoms with E-state index in [1.54, 1.807) is 0 Å². The number of nitrogens with zero attached hydrogens (tertiary/aromatic N) is 1. The van der Waals surface area contributed by atoms with Gasteiger partial charge in [-0.2, -0.15) is 0 Å². The van der Waals surface area contributed by atoms with Gasteiger partial charge in [-0.3, -0.25) is 9.36 Å². The molecule has 0 aromatic heterocycles. The zero-order chi connectivity index (χ0) is 14.0. The van der Waals surface area contributed by atoms with Gasteiger partial charge in [-0.25, -0.2) is 0 Å². The molecule has 0 aliphatic heterocycles. The molecule has 0 radical (unpaired) electrons. The second kappa shape index (κ2) is 9.50. The lowest BCUT2D eigenvalue weighted by atomic mass is 10.2. The van der Waals surface area contributed by atoms with E-state index in [0.29, 0.717) is 19.7 Å². The first-order chi connectivity index (χ1) is 8.31. The van der Waals surface area contributed by atoms with Gasteiger partial charge in [-0.05, 0) is 26.9 Å². The van der Waals surface area contributed by atoms with E-state index < -0.39 is 7.60 Å². The van der Waals surface area contributed by atoms with Crippen molar-refractivity contribution in [1.29, 1.82) is 0 Å². The van der Waals surface area contributed by atoms with E-state index in [2.05, 4.69) is 5.32 Å². The van der Waals surface area contributed by atoms with Crippen molar-refractivity contribution in [2.45, 2.75) is 25.7 Å². The zero-order valence-electron chi connectivity index (χ0n) is 11.5. The lowest BCUT2D eigenvalue weighted by Gasteiger charge is -2.10. The number of hydrogen-bond donors (Lipinski definition) is 2. The van der Waals surface area contributed by atoms with E-state index in [0.717, 1.165) is 25.7 Å². The van der Waals surface area contributed by atoms with Crippen LogP contribution in [0.5, 0.6) is 0 Å². The van der Waals surface area contributed by atoms with E-state index in [1.165, 1.54) is 6.66 Å². The topological polar surface area (TPSA) is 78.9 Å². The summed E-state index contributed by atoms with van der Waals surface area (Å²) in [6.07, 6.45) is 3.60. The van der Waals surface area contributed by atoms with Crippen LogP contribution in [-0.4, -0.2) is 56.2 Å². The zero-order valence-corrected chi connectivity index (χ0v) is 12.4. The Morgan fingerprint density at radius 3 is 2.44 bits per heavy atom. The van der Waals surface area contributed by atoms with Crippen LogP contribution in [0.2, 0.25) is 0 Å². The maximum atomic E-state index is 11.3. The van der Waals surface area contributed by atoms with Crippen LogP contribution < -0.4 is 5.32 Å². The van der Waals surface area contributed by atoms with Gasteiger partial charge in [0, 0.05) is 13.2 Å². The van der Waals surface area contributed by atoms with Gasteiger partial charge in [0.05, 0.1) is 13.2 Å². The fraction of sp³-hybridized carbons (Fsp3) is 0.909. The molecular weight excluding hydrogens is 255 g/mol. The van der Waals surface area contributed by atoms with Gasteiger partial charge in [-0.1, -0.05) is 12.8 Å². The molecule has 1 atom stereocenters. The molecule has 18 heavy (non-hydrogen) atoms. The highest BCUT2D eigenvalue weighted by Gasteiger charge is 2.08. The number of nitrogens with one attached hydrogen (secondary N) is 1. The van der Waals surface area contributed by atoms with Crippen LogP contribution in [0.3, 0.4) is 0 Å². The molecule has 2 N–H and O–H groups in total. The van der Waals surface area contributed by atoms with Gasteiger partial charge in [0.15, 0.2) is 0 Å². The largest absolute Gasteiger partial charge is 0.355 e. The standard InChI is InChI=1S/C11H25N2O4P/c1-13(2)10-11(14)12-8-6-4-5-7-9-17-18(3,15)16/h4-10H2,1-3H3,(H,12,14)(H,15,16). The molecule has 0 rings (SSSR count). The number of unbranched alkanes of at least 4 members (excludes halogenated alkanes) is 3. The number of hydrogen-bond acceptors (Lipinski definition) is 4. The first-order valence-electron chi connectivity index (χ1n) is 6.17. The summed E-state index contributed by atoms with van der Waals surface area (Å²) >= 11 is 0. The highest BCUT2D eigenvalue weighted by atomic mass is 31.2. The second-order valence-electron chi connectivity index (χ2n) is 4.64. The lowest BCUT2D eigenvalue weighted by Crippen LogP contribution is -2.33. The van der Waals surface area contributed by atoms with Crippen molar-refractivity contribution in [3.63, 3.8) is 0 Å². The number of carbonyl (C=O) groups excluding carboxylic acids is 1. The Kier molecular flexibility index (Phi) is 9.28. The third-order valence-corrected chi connectivity index (χ3v) is 2.85. The third kappa shape index (κ3) is 13.6. The van der Waals surface area contributed by atoms with Crippen LogP contribution in [0.25, 0.3) is 0 Å². The third-order valence-electron chi connectivity index (χ3n) is 2.18. The monoisotopic (exact) mass is 280 g/mol. The summed E-state index contributed by atoms with van der Waals surface area (Å²) in [6, 6.07) is 0. The molecule has 0 saturated heterocycles. The molecule has 108 valence electrons. The Bertz CT molecular complexity index is 278. The normalized spacial score (nSPS) is 14.5. The Morgan fingerprint density at radius 1 is 1.28 bits per heavy atom. The first-order valence-corrected chi connectivity index (χ1v) is 8.20. The van der Waals surface area contributed by atoms with Crippen LogP contribution in [0.4, 0.5) is 0 Å². The molecule has 7 heteroatoms. The maximum Gasteiger partial charge on any atom is 0.325 e. The van der Waals surface area contributed by atoms with Crippen molar-refractivity contribution < 1.29 is 18.8 Å². The van der Waals surface area contributed by atoms with Crippen molar-refractivity contribution in [2.75, 3.05) is 40.5 Å². The smallest absolute Gasteiger partial charge is 0.325 e. The molecule has 0 fully saturated rings.